The average molecular weight is 413 g/mol. The number of fused-ring (bicyclic) bond motifs is 1. The third-order valence-corrected chi connectivity index (χ3v) is 3.92. The van der Waals surface area contributed by atoms with Gasteiger partial charge in [-0.05, 0) is 18.5 Å². The van der Waals surface area contributed by atoms with Gasteiger partial charge in [0.25, 0.3) is 0 Å². The van der Waals surface area contributed by atoms with Crippen LogP contribution in [0.4, 0.5) is 11.6 Å². The van der Waals surface area contributed by atoms with Crippen molar-refractivity contribution in [2.75, 3.05) is 18.5 Å². The molecule has 0 aliphatic heterocycles. The molecule has 0 bridgehead atoms. The maximum Gasteiger partial charge on any atom is 0.225 e. The Morgan fingerprint density at radius 2 is 2.21 bits per heavy atom. The van der Waals surface area contributed by atoms with Gasteiger partial charge >= 0.3 is 0 Å². The van der Waals surface area contributed by atoms with Crippen LogP contribution in [0.1, 0.15) is 12.6 Å². The third-order valence-electron chi connectivity index (χ3n) is 3.22. The zero-order valence-corrected chi connectivity index (χ0v) is 15.2. The molecule has 8 nitrogen and oxygen atoms in total. The van der Waals surface area contributed by atoms with Crippen LogP contribution in [0, 0.1) is 0 Å². The van der Waals surface area contributed by atoms with Crippen molar-refractivity contribution in [3.8, 4) is 0 Å². The van der Waals surface area contributed by atoms with Gasteiger partial charge < -0.3 is 10.1 Å². The van der Waals surface area contributed by atoms with E-state index < -0.39 is 0 Å². The lowest BCUT2D eigenvalue weighted by Gasteiger charge is -2.09. The highest BCUT2D eigenvalue weighted by molar-refractivity contribution is 9.08. The van der Waals surface area contributed by atoms with Crippen molar-refractivity contribution < 1.29 is 4.74 Å². The molecule has 0 saturated carbocycles. The second-order valence-electron chi connectivity index (χ2n) is 4.75. The first-order valence-corrected chi connectivity index (χ1v) is 8.82. The molecule has 0 radical (unpaired) electrons. The van der Waals surface area contributed by atoms with Crippen LogP contribution < -0.4 is 5.32 Å². The van der Waals surface area contributed by atoms with Gasteiger partial charge in [-0.2, -0.15) is 10.1 Å². The molecular formula is C14H15BrClN7O. The molecule has 0 aliphatic carbocycles. The minimum atomic E-state index is 0.139. The first-order valence-electron chi connectivity index (χ1n) is 7.32. The second kappa shape index (κ2) is 7.82. The molecule has 0 amide bonds. The SMILES string of the molecule is CCOCCn1nc(CBr)c2nc(Cl)nc(Nc3cnccn3)c21. The van der Waals surface area contributed by atoms with E-state index in [1.54, 1.807) is 18.6 Å². The van der Waals surface area contributed by atoms with Gasteiger partial charge in [-0.15, -0.1) is 0 Å². The number of halogens is 2. The van der Waals surface area contributed by atoms with E-state index in [4.69, 9.17) is 16.3 Å². The Bertz CT molecular complexity index is 827. The summed E-state index contributed by atoms with van der Waals surface area (Å²) in [5, 5.41) is 8.40. The van der Waals surface area contributed by atoms with Crippen molar-refractivity contribution in [2.45, 2.75) is 18.8 Å². The highest BCUT2D eigenvalue weighted by Gasteiger charge is 2.18. The highest BCUT2D eigenvalue weighted by atomic mass is 79.9. The van der Waals surface area contributed by atoms with Gasteiger partial charge in [0.1, 0.15) is 16.9 Å². The molecule has 0 aromatic carbocycles. The molecule has 24 heavy (non-hydrogen) atoms. The van der Waals surface area contributed by atoms with Crippen LogP contribution in [0.2, 0.25) is 5.28 Å². The molecule has 0 saturated heterocycles. The molecule has 1 N–H and O–H groups in total. The zero-order chi connectivity index (χ0) is 16.9. The fraction of sp³-hybridized carbons (Fsp3) is 0.357. The van der Waals surface area contributed by atoms with Crippen molar-refractivity contribution in [3.63, 3.8) is 0 Å². The first-order chi connectivity index (χ1) is 11.7. The van der Waals surface area contributed by atoms with Gasteiger partial charge in [0.05, 0.1) is 25.0 Å². The van der Waals surface area contributed by atoms with Crippen molar-refractivity contribution in [3.05, 3.63) is 29.6 Å². The normalized spacial score (nSPS) is 11.1. The largest absolute Gasteiger partial charge is 0.380 e. The predicted octanol–water partition coefficient (Wildman–Crippen LogP) is 2.94. The Kier molecular flexibility index (Phi) is 5.54. The molecule has 0 fully saturated rings. The van der Waals surface area contributed by atoms with E-state index in [-0.39, 0.29) is 5.28 Å². The van der Waals surface area contributed by atoms with Crippen molar-refractivity contribution in [1.82, 2.24) is 29.7 Å². The van der Waals surface area contributed by atoms with E-state index in [2.05, 4.69) is 46.3 Å². The van der Waals surface area contributed by atoms with E-state index in [0.29, 0.717) is 42.2 Å². The van der Waals surface area contributed by atoms with Crippen molar-refractivity contribution in [2.24, 2.45) is 0 Å². The van der Waals surface area contributed by atoms with E-state index in [9.17, 15) is 0 Å². The topological polar surface area (TPSA) is 90.6 Å². The molecule has 3 aromatic rings. The minimum absolute atomic E-state index is 0.139. The number of anilines is 2. The quantitative estimate of drug-likeness (QED) is 0.362. The molecule has 0 aliphatic rings. The predicted molar refractivity (Wildman–Crippen MR) is 94.8 cm³/mol. The fourth-order valence-corrected chi connectivity index (χ4v) is 2.78. The van der Waals surface area contributed by atoms with Crippen molar-refractivity contribution >= 4 is 50.2 Å². The summed E-state index contributed by atoms with van der Waals surface area (Å²) < 4.78 is 7.25. The molecule has 0 unspecified atom stereocenters. The number of nitrogens with zero attached hydrogens (tertiary/aromatic N) is 6. The van der Waals surface area contributed by atoms with Gasteiger partial charge in [0.2, 0.25) is 5.28 Å². The van der Waals surface area contributed by atoms with Crippen LogP contribution in [0.15, 0.2) is 18.6 Å². The molecular weight excluding hydrogens is 398 g/mol. The minimum Gasteiger partial charge on any atom is -0.380 e. The number of nitrogens with one attached hydrogen (secondary N) is 1. The summed E-state index contributed by atoms with van der Waals surface area (Å²) in [6.07, 6.45) is 4.80. The Labute approximate surface area is 151 Å². The second-order valence-corrected chi connectivity index (χ2v) is 5.65. The van der Waals surface area contributed by atoms with E-state index in [0.717, 1.165) is 11.2 Å². The number of hydrogen-bond donors (Lipinski definition) is 1. The Balaban J connectivity index is 2.07. The maximum atomic E-state index is 6.08. The van der Waals surface area contributed by atoms with E-state index in [1.807, 2.05) is 11.6 Å². The molecule has 0 spiro atoms. The Morgan fingerprint density at radius 1 is 1.33 bits per heavy atom. The van der Waals surface area contributed by atoms with Crippen LogP contribution in [0.3, 0.4) is 0 Å². The smallest absolute Gasteiger partial charge is 0.225 e. The van der Waals surface area contributed by atoms with Gasteiger partial charge in [-0.3, -0.25) is 9.67 Å². The van der Waals surface area contributed by atoms with Gasteiger partial charge in [-0.25, -0.2) is 9.97 Å². The highest BCUT2D eigenvalue weighted by Crippen LogP contribution is 2.27. The maximum absolute atomic E-state index is 6.08. The molecule has 3 rings (SSSR count). The summed E-state index contributed by atoms with van der Waals surface area (Å²) >= 11 is 9.52. The van der Waals surface area contributed by atoms with Gasteiger partial charge in [0, 0.05) is 24.3 Å². The number of aromatic nitrogens is 6. The van der Waals surface area contributed by atoms with Crippen LogP contribution in [0.5, 0.6) is 0 Å². The number of hydrogen-bond acceptors (Lipinski definition) is 7. The standard InChI is InChI=1S/C14H15BrClN7O/c1-2-24-6-5-23-12-11(9(7-15)22-23)20-14(16)21-13(12)19-10-8-17-3-4-18-10/h3-4,8H,2,5-7H2,1H3,(H,18,19,20,21). The third kappa shape index (κ3) is 3.63. The van der Waals surface area contributed by atoms with E-state index in [1.165, 1.54) is 0 Å². The zero-order valence-electron chi connectivity index (χ0n) is 12.9. The molecule has 10 heteroatoms. The van der Waals surface area contributed by atoms with Gasteiger partial charge in [0.15, 0.2) is 5.82 Å². The summed E-state index contributed by atoms with van der Waals surface area (Å²) in [7, 11) is 0. The lowest BCUT2D eigenvalue weighted by molar-refractivity contribution is 0.137. The first kappa shape index (κ1) is 17.0. The fourth-order valence-electron chi connectivity index (χ4n) is 2.24. The summed E-state index contributed by atoms with van der Waals surface area (Å²) in [5.41, 5.74) is 2.22. The van der Waals surface area contributed by atoms with Crippen LogP contribution >= 0.6 is 27.5 Å². The number of rotatable bonds is 7. The summed E-state index contributed by atoms with van der Waals surface area (Å²) in [5.74, 6) is 1.09. The van der Waals surface area contributed by atoms with Crippen LogP contribution in [0.25, 0.3) is 11.0 Å². The summed E-state index contributed by atoms with van der Waals surface area (Å²) in [6.45, 7) is 3.73. The lowest BCUT2D eigenvalue weighted by Crippen LogP contribution is -2.09. The summed E-state index contributed by atoms with van der Waals surface area (Å²) in [4.78, 5) is 16.9. The molecule has 3 heterocycles. The molecule has 3 aromatic heterocycles. The Morgan fingerprint density at radius 3 is 2.92 bits per heavy atom. The van der Waals surface area contributed by atoms with Crippen LogP contribution in [-0.2, 0) is 16.6 Å². The average Bonchev–Trinajstić information content (AvgIpc) is 2.94. The number of alkyl halides is 1. The summed E-state index contributed by atoms with van der Waals surface area (Å²) in [6, 6.07) is 0. The monoisotopic (exact) mass is 411 g/mol. The van der Waals surface area contributed by atoms with Crippen LogP contribution in [-0.4, -0.2) is 42.9 Å². The number of ether oxygens (including phenoxy) is 1. The lowest BCUT2D eigenvalue weighted by atomic mass is 10.3. The molecule has 0 atom stereocenters. The van der Waals surface area contributed by atoms with Crippen molar-refractivity contribution in [1.29, 1.82) is 0 Å². The van der Waals surface area contributed by atoms with E-state index >= 15 is 0 Å². The Hall–Kier alpha value is -1.84. The van der Waals surface area contributed by atoms with Gasteiger partial charge in [-0.1, -0.05) is 15.9 Å². The molecule has 126 valence electrons.